The van der Waals surface area contributed by atoms with Crippen molar-refractivity contribution in [2.75, 3.05) is 5.32 Å². The molecule has 1 aromatic heterocycles. The molecule has 0 unspecified atom stereocenters. The minimum Gasteiger partial charge on any atom is -0.296 e. The van der Waals surface area contributed by atoms with Crippen LogP contribution in [-0.2, 0) is 5.75 Å². The third kappa shape index (κ3) is 5.09. The number of carbonyl (C=O) groups excluding carboxylic acids is 1. The number of thioether (sulfide) groups is 1. The predicted molar refractivity (Wildman–Crippen MR) is 105 cm³/mol. The summed E-state index contributed by atoms with van der Waals surface area (Å²) in [6, 6.07) is 12.3. The highest BCUT2D eigenvalue weighted by molar-refractivity contribution is 8.00. The molecule has 0 atom stereocenters. The number of rotatable bonds is 5. The van der Waals surface area contributed by atoms with Gasteiger partial charge in [0.15, 0.2) is 4.34 Å². The maximum Gasteiger partial charge on any atom is 0.259 e. The van der Waals surface area contributed by atoms with Crippen molar-refractivity contribution in [2.24, 2.45) is 0 Å². The first-order valence-corrected chi connectivity index (χ1v) is 9.92. The summed E-state index contributed by atoms with van der Waals surface area (Å²) in [6.07, 6.45) is 0. The third-order valence-corrected chi connectivity index (χ3v) is 5.94. The Kier molecular flexibility index (Phi) is 6.19. The molecular weight excluding hydrogens is 421 g/mol. The van der Waals surface area contributed by atoms with Crippen molar-refractivity contribution < 1.29 is 4.79 Å². The van der Waals surface area contributed by atoms with E-state index in [-0.39, 0.29) is 5.91 Å². The van der Waals surface area contributed by atoms with Gasteiger partial charge in [-0.15, -0.1) is 10.2 Å². The van der Waals surface area contributed by atoms with Crippen LogP contribution in [0, 0.1) is 0 Å². The molecule has 3 aromatic rings. The molecule has 0 bridgehead atoms. The van der Waals surface area contributed by atoms with Crippen LogP contribution in [0.1, 0.15) is 15.9 Å². The van der Waals surface area contributed by atoms with Crippen molar-refractivity contribution in [1.29, 1.82) is 0 Å². The molecule has 1 amide bonds. The Bertz CT molecular complexity index is 900. The maximum absolute atomic E-state index is 12.3. The molecule has 0 aliphatic heterocycles. The van der Waals surface area contributed by atoms with Crippen LogP contribution in [-0.4, -0.2) is 16.1 Å². The summed E-state index contributed by atoms with van der Waals surface area (Å²) in [4.78, 5) is 12.3. The van der Waals surface area contributed by atoms with Crippen LogP contribution in [0.5, 0.6) is 0 Å². The van der Waals surface area contributed by atoms with Gasteiger partial charge in [0, 0.05) is 15.8 Å². The number of nitrogens with zero attached hydrogens (tertiary/aromatic N) is 2. The van der Waals surface area contributed by atoms with Crippen LogP contribution in [0.15, 0.2) is 46.8 Å². The lowest BCUT2D eigenvalue weighted by Crippen LogP contribution is -2.12. The number of hydrogen-bond acceptors (Lipinski definition) is 5. The lowest BCUT2D eigenvalue weighted by atomic mass is 10.2. The SMILES string of the molecule is O=C(Nc1nnc(SCc2ccc(Cl)cc2)s1)c1cc(Cl)ccc1Cl. The lowest BCUT2D eigenvalue weighted by molar-refractivity contribution is 0.102. The first-order chi connectivity index (χ1) is 12.0. The summed E-state index contributed by atoms with van der Waals surface area (Å²) in [5.74, 6) is 0.359. The van der Waals surface area contributed by atoms with Crippen LogP contribution in [0.25, 0.3) is 0 Å². The summed E-state index contributed by atoms with van der Waals surface area (Å²) >= 11 is 20.6. The number of amides is 1. The number of nitrogens with one attached hydrogen (secondary N) is 1. The van der Waals surface area contributed by atoms with E-state index in [1.165, 1.54) is 29.2 Å². The third-order valence-electron chi connectivity index (χ3n) is 3.08. The molecule has 0 aliphatic rings. The van der Waals surface area contributed by atoms with Crippen LogP contribution in [0.3, 0.4) is 0 Å². The molecule has 1 heterocycles. The van der Waals surface area contributed by atoms with E-state index in [9.17, 15) is 4.79 Å². The van der Waals surface area contributed by atoms with E-state index in [0.717, 1.165) is 15.7 Å². The van der Waals surface area contributed by atoms with E-state index in [1.807, 2.05) is 24.3 Å². The summed E-state index contributed by atoms with van der Waals surface area (Å²) < 4.78 is 0.752. The zero-order chi connectivity index (χ0) is 17.8. The molecule has 128 valence electrons. The summed E-state index contributed by atoms with van der Waals surface area (Å²) in [5, 5.41) is 12.6. The Morgan fingerprint density at radius 3 is 2.52 bits per heavy atom. The fourth-order valence-corrected chi connectivity index (χ4v) is 4.08. The Hall–Kier alpha value is -1.31. The Morgan fingerprint density at radius 1 is 1.04 bits per heavy atom. The van der Waals surface area contributed by atoms with Crippen LogP contribution in [0.2, 0.25) is 15.1 Å². The average molecular weight is 431 g/mol. The first-order valence-electron chi connectivity index (χ1n) is 6.98. The number of anilines is 1. The van der Waals surface area contributed by atoms with E-state index in [0.29, 0.717) is 25.8 Å². The highest BCUT2D eigenvalue weighted by Crippen LogP contribution is 2.29. The molecule has 9 heteroatoms. The minimum atomic E-state index is -0.377. The quantitative estimate of drug-likeness (QED) is 0.396. The van der Waals surface area contributed by atoms with E-state index in [4.69, 9.17) is 34.8 Å². The highest BCUT2D eigenvalue weighted by atomic mass is 35.5. The second-order valence-electron chi connectivity index (χ2n) is 4.87. The molecule has 4 nitrogen and oxygen atoms in total. The van der Waals surface area contributed by atoms with Crippen molar-refractivity contribution in [3.05, 3.63) is 68.7 Å². The molecule has 25 heavy (non-hydrogen) atoms. The Morgan fingerprint density at radius 2 is 1.76 bits per heavy atom. The highest BCUT2D eigenvalue weighted by Gasteiger charge is 2.14. The average Bonchev–Trinajstić information content (AvgIpc) is 3.04. The summed E-state index contributed by atoms with van der Waals surface area (Å²) in [5.41, 5.74) is 1.42. The molecule has 0 aliphatic carbocycles. The zero-order valence-electron chi connectivity index (χ0n) is 12.5. The smallest absolute Gasteiger partial charge is 0.259 e. The zero-order valence-corrected chi connectivity index (χ0v) is 16.4. The molecule has 3 rings (SSSR count). The van der Waals surface area contributed by atoms with Gasteiger partial charge in [-0.1, -0.05) is 70.0 Å². The fraction of sp³-hybridized carbons (Fsp3) is 0.0625. The molecule has 0 saturated carbocycles. The second kappa shape index (κ2) is 8.38. The molecule has 0 spiro atoms. The van der Waals surface area contributed by atoms with Gasteiger partial charge in [-0.25, -0.2) is 0 Å². The van der Waals surface area contributed by atoms with Crippen molar-refractivity contribution >= 4 is 68.9 Å². The monoisotopic (exact) mass is 429 g/mol. The van der Waals surface area contributed by atoms with Crippen LogP contribution >= 0.6 is 57.9 Å². The van der Waals surface area contributed by atoms with Gasteiger partial charge in [-0.2, -0.15) is 0 Å². The summed E-state index contributed by atoms with van der Waals surface area (Å²) in [6.45, 7) is 0. The fourth-order valence-electron chi connectivity index (χ4n) is 1.88. The molecule has 0 saturated heterocycles. The maximum atomic E-state index is 12.3. The normalized spacial score (nSPS) is 10.7. The van der Waals surface area contributed by atoms with Gasteiger partial charge in [0.1, 0.15) is 0 Å². The van der Waals surface area contributed by atoms with Crippen molar-refractivity contribution in [3.63, 3.8) is 0 Å². The Balaban J connectivity index is 1.62. The van der Waals surface area contributed by atoms with E-state index >= 15 is 0 Å². The van der Waals surface area contributed by atoms with Crippen molar-refractivity contribution in [2.45, 2.75) is 10.1 Å². The van der Waals surface area contributed by atoms with E-state index in [1.54, 1.807) is 12.1 Å². The largest absolute Gasteiger partial charge is 0.296 e. The van der Waals surface area contributed by atoms with Gasteiger partial charge in [0.25, 0.3) is 5.91 Å². The molecule has 2 aromatic carbocycles. The molecule has 0 radical (unpaired) electrons. The van der Waals surface area contributed by atoms with Gasteiger partial charge < -0.3 is 0 Å². The number of benzene rings is 2. The molecule has 1 N–H and O–H groups in total. The van der Waals surface area contributed by atoms with Gasteiger partial charge >= 0.3 is 0 Å². The standard InChI is InChI=1S/C16H10Cl3N3OS2/c17-10-3-1-9(2-4-10)8-24-16-22-21-15(25-16)20-14(23)12-7-11(18)5-6-13(12)19/h1-7H,8H2,(H,20,21,23). The lowest BCUT2D eigenvalue weighted by Gasteiger charge is -2.03. The Labute approximate surface area is 167 Å². The van der Waals surface area contributed by atoms with Crippen LogP contribution in [0.4, 0.5) is 5.13 Å². The van der Waals surface area contributed by atoms with Gasteiger partial charge in [0.2, 0.25) is 5.13 Å². The number of aromatic nitrogens is 2. The minimum absolute atomic E-state index is 0.291. The second-order valence-corrected chi connectivity index (χ2v) is 8.35. The van der Waals surface area contributed by atoms with E-state index in [2.05, 4.69) is 15.5 Å². The number of carbonyl (C=O) groups is 1. The molecular formula is C16H10Cl3N3OS2. The van der Waals surface area contributed by atoms with Gasteiger partial charge in [0.05, 0.1) is 10.6 Å². The van der Waals surface area contributed by atoms with Crippen molar-refractivity contribution in [1.82, 2.24) is 10.2 Å². The molecule has 0 fully saturated rings. The number of hydrogen-bond donors (Lipinski definition) is 1. The summed E-state index contributed by atoms with van der Waals surface area (Å²) in [7, 11) is 0. The number of halogens is 3. The van der Waals surface area contributed by atoms with Crippen LogP contribution < -0.4 is 5.32 Å². The van der Waals surface area contributed by atoms with Gasteiger partial charge in [-0.3, -0.25) is 10.1 Å². The van der Waals surface area contributed by atoms with Gasteiger partial charge in [-0.05, 0) is 35.9 Å². The van der Waals surface area contributed by atoms with E-state index < -0.39 is 0 Å². The topological polar surface area (TPSA) is 54.9 Å². The predicted octanol–water partition coefficient (Wildman–Crippen LogP) is 6.04. The van der Waals surface area contributed by atoms with Crippen molar-refractivity contribution in [3.8, 4) is 0 Å². The first kappa shape index (κ1) is 18.5.